The van der Waals surface area contributed by atoms with E-state index in [0.29, 0.717) is 12.4 Å². The molecule has 0 aromatic rings. The number of carbonyl (C=O) groups is 2. The quantitative estimate of drug-likeness (QED) is 0.756. The summed E-state index contributed by atoms with van der Waals surface area (Å²) in [7, 11) is 1.69. The zero-order valence-electron chi connectivity index (χ0n) is 11.0. The molecule has 1 aliphatic carbocycles. The Labute approximate surface area is 113 Å². The minimum absolute atomic E-state index is 0.165. The summed E-state index contributed by atoms with van der Waals surface area (Å²) in [6.07, 6.45) is 2.75. The molecule has 0 aromatic carbocycles. The third-order valence-corrected chi connectivity index (χ3v) is 3.81. The van der Waals surface area contributed by atoms with E-state index in [1.54, 1.807) is 7.05 Å². The molecule has 0 saturated heterocycles. The van der Waals surface area contributed by atoms with Crippen LogP contribution in [0.5, 0.6) is 0 Å². The van der Waals surface area contributed by atoms with E-state index in [4.69, 9.17) is 17.3 Å². The third-order valence-electron chi connectivity index (χ3n) is 3.64. The lowest BCUT2D eigenvalue weighted by Crippen LogP contribution is -2.53. The summed E-state index contributed by atoms with van der Waals surface area (Å²) in [6.45, 7) is 2.53. The van der Waals surface area contributed by atoms with Gasteiger partial charge in [0, 0.05) is 25.5 Å². The van der Waals surface area contributed by atoms with Gasteiger partial charge in [-0.05, 0) is 18.8 Å². The van der Waals surface area contributed by atoms with Crippen LogP contribution in [0.1, 0.15) is 26.2 Å². The maximum Gasteiger partial charge on any atom is 0.317 e. The van der Waals surface area contributed by atoms with Crippen LogP contribution in [-0.4, -0.2) is 42.4 Å². The minimum atomic E-state index is -0.327. The molecule has 0 heterocycles. The van der Waals surface area contributed by atoms with E-state index in [9.17, 15) is 9.59 Å². The fourth-order valence-corrected chi connectivity index (χ4v) is 2.71. The summed E-state index contributed by atoms with van der Waals surface area (Å²) in [4.78, 5) is 24.9. The van der Waals surface area contributed by atoms with Crippen LogP contribution in [0.2, 0.25) is 0 Å². The van der Waals surface area contributed by atoms with Crippen molar-refractivity contribution in [2.75, 3.05) is 19.5 Å². The smallest absolute Gasteiger partial charge is 0.317 e. The van der Waals surface area contributed by atoms with E-state index < -0.39 is 0 Å². The summed E-state index contributed by atoms with van der Waals surface area (Å²) in [5, 5.41) is 2.91. The Balaban J connectivity index is 2.65. The van der Waals surface area contributed by atoms with Crippen LogP contribution in [0.3, 0.4) is 0 Å². The van der Waals surface area contributed by atoms with Gasteiger partial charge in [0.1, 0.15) is 0 Å². The van der Waals surface area contributed by atoms with Crippen LogP contribution in [0, 0.1) is 11.8 Å². The molecule has 0 radical (unpaired) electrons. The molecule has 1 fully saturated rings. The zero-order chi connectivity index (χ0) is 13.7. The van der Waals surface area contributed by atoms with E-state index in [2.05, 4.69) is 5.32 Å². The average Bonchev–Trinajstić information content (AvgIpc) is 2.31. The van der Waals surface area contributed by atoms with Crippen LogP contribution in [-0.2, 0) is 4.79 Å². The van der Waals surface area contributed by atoms with Gasteiger partial charge in [0.05, 0.1) is 5.92 Å². The molecule has 0 spiro atoms. The van der Waals surface area contributed by atoms with Gasteiger partial charge in [-0.15, -0.1) is 11.6 Å². The Bertz CT molecular complexity index is 312. The second kappa shape index (κ2) is 6.83. The van der Waals surface area contributed by atoms with Crippen molar-refractivity contribution in [2.45, 2.75) is 32.2 Å². The van der Waals surface area contributed by atoms with Crippen molar-refractivity contribution in [1.29, 1.82) is 0 Å². The zero-order valence-corrected chi connectivity index (χ0v) is 11.7. The van der Waals surface area contributed by atoms with Crippen molar-refractivity contribution in [3.63, 3.8) is 0 Å². The van der Waals surface area contributed by atoms with Gasteiger partial charge < -0.3 is 16.0 Å². The molecule has 3 amide bonds. The highest BCUT2D eigenvalue weighted by molar-refractivity contribution is 6.18. The molecule has 5 nitrogen and oxygen atoms in total. The van der Waals surface area contributed by atoms with E-state index >= 15 is 0 Å². The van der Waals surface area contributed by atoms with Crippen molar-refractivity contribution in [2.24, 2.45) is 17.6 Å². The molecule has 1 rings (SSSR count). The van der Waals surface area contributed by atoms with E-state index in [0.717, 1.165) is 19.3 Å². The van der Waals surface area contributed by atoms with Crippen molar-refractivity contribution < 1.29 is 9.59 Å². The first-order valence-electron chi connectivity index (χ1n) is 6.34. The van der Waals surface area contributed by atoms with Gasteiger partial charge in [-0.1, -0.05) is 13.3 Å². The highest BCUT2D eigenvalue weighted by Gasteiger charge is 2.35. The molecule has 6 heteroatoms. The topological polar surface area (TPSA) is 75.4 Å². The second-order valence-corrected chi connectivity index (χ2v) is 5.38. The number of nitrogens with two attached hydrogens (primary N) is 1. The number of nitrogens with zero attached hydrogens (tertiary/aromatic N) is 1. The molecule has 0 aliphatic heterocycles. The number of carbonyl (C=O) groups excluding carboxylic acids is 2. The molecule has 1 aliphatic rings. The SMILES string of the molecule is CC1CCC[C@@H](C(N)=O)C1NC(=O)N(C)CCCl. The fraction of sp³-hybridized carbons (Fsp3) is 0.833. The number of primary amides is 1. The average molecular weight is 276 g/mol. The first-order chi connectivity index (χ1) is 8.47. The van der Waals surface area contributed by atoms with Gasteiger partial charge in [-0.2, -0.15) is 0 Å². The molecule has 3 atom stereocenters. The Morgan fingerprint density at radius 2 is 2.11 bits per heavy atom. The third kappa shape index (κ3) is 3.77. The Morgan fingerprint density at radius 1 is 1.44 bits per heavy atom. The predicted molar refractivity (Wildman–Crippen MR) is 71.4 cm³/mol. The monoisotopic (exact) mass is 275 g/mol. The first kappa shape index (κ1) is 15.1. The molecule has 3 N–H and O–H groups in total. The first-order valence-corrected chi connectivity index (χ1v) is 6.87. The number of urea groups is 1. The highest BCUT2D eigenvalue weighted by atomic mass is 35.5. The molecule has 2 unspecified atom stereocenters. The summed E-state index contributed by atoms with van der Waals surface area (Å²) < 4.78 is 0. The fourth-order valence-electron chi connectivity index (χ4n) is 2.46. The van der Waals surface area contributed by atoms with Gasteiger partial charge >= 0.3 is 6.03 Å². The van der Waals surface area contributed by atoms with Gasteiger partial charge in [0.15, 0.2) is 0 Å². The summed E-state index contributed by atoms with van der Waals surface area (Å²) in [5.41, 5.74) is 5.41. The molecule has 18 heavy (non-hydrogen) atoms. The van der Waals surface area contributed by atoms with Gasteiger partial charge in [0.25, 0.3) is 0 Å². The number of alkyl halides is 1. The van der Waals surface area contributed by atoms with Crippen molar-refractivity contribution in [3.8, 4) is 0 Å². The lowest BCUT2D eigenvalue weighted by Gasteiger charge is -2.36. The number of nitrogens with one attached hydrogen (secondary N) is 1. The molecule has 1 saturated carbocycles. The van der Waals surface area contributed by atoms with Gasteiger partial charge in [-0.25, -0.2) is 4.79 Å². The van der Waals surface area contributed by atoms with E-state index in [1.165, 1.54) is 4.90 Å². The van der Waals surface area contributed by atoms with Gasteiger partial charge in [0.2, 0.25) is 5.91 Å². The maximum absolute atomic E-state index is 11.9. The molecule has 104 valence electrons. The molecular weight excluding hydrogens is 254 g/mol. The number of hydrogen-bond donors (Lipinski definition) is 2. The Morgan fingerprint density at radius 3 is 2.67 bits per heavy atom. The van der Waals surface area contributed by atoms with Crippen LogP contribution >= 0.6 is 11.6 Å². The van der Waals surface area contributed by atoms with E-state index in [1.807, 2.05) is 6.92 Å². The van der Waals surface area contributed by atoms with Gasteiger partial charge in [-0.3, -0.25) is 4.79 Å². The number of amides is 3. The van der Waals surface area contributed by atoms with Crippen molar-refractivity contribution >= 4 is 23.5 Å². The summed E-state index contributed by atoms with van der Waals surface area (Å²) >= 11 is 5.60. The highest BCUT2D eigenvalue weighted by Crippen LogP contribution is 2.29. The Kier molecular flexibility index (Phi) is 5.72. The molecule has 0 bridgehead atoms. The number of hydrogen-bond acceptors (Lipinski definition) is 2. The molecular formula is C12H22ClN3O2. The van der Waals surface area contributed by atoms with Crippen LogP contribution in [0.15, 0.2) is 0 Å². The molecule has 0 aromatic heterocycles. The lowest BCUT2D eigenvalue weighted by molar-refractivity contribution is -0.124. The Hall–Kier alpha value is -0.970. The normalized spacial score (nSPS) is 27.6. The standard InChI is InChI=1S/C12H22ClN3O2/c1-8-4-3-5-9(11(14)17)10(8)15-12(18)16(2)7-6-13/h8-10H,3-7H2,1-2H3,(H2,14,17)(H,15,18)/t8?,9-,10?/m1/s1. The minimum Gasteiger partial charge on any atom is -0.369 e. The maximum atomic E-state index is 11.9. The summed E-state index contributed by atoms with van der Waals surface area (Å²) in [6, 6.07) is -0.359. The van der Waals surface area contributed by atoms with Crippen LogP contribution in [0.25, 0.3) is 0 Å². The lowest BCUT2D eigenvalue weighted by atomic mass is 9.77. The summed E-state index contributed by atoms with van der Waals surface area (Å²) in [5.74, 6) is 0.0715. The van der Waals surface area contributed by atoms with E-state index in [-0.39, 0.29) is 29.8 Å². The predicted octanol–water partition coefficient (Wildman–Crippen LogP) is 1.16. The second-order valence-electron chi connectivity index (χ2n) is 5.00. The number of halogens is 1. The van der Waals surface area contributed by atoms with Crippen LogP contribution < -0.4 is 11.1 Å². The largest absolute Gasteiger partial charge is 0.369 e. The van der Waals surface area contributed by atoms with Crippen molar-refractivity contribution in [1.82, 2.24) is 10.2 Å². The van der Waals surface area contributed by atoms with Crippen molar-refractivity contribution in [3.05, 3.63) is 0 Å². The number of rotatable bonds is 4. The van der Waals surface area contributed by atoms with Crippen LogP contribution in [0.4, 0.5) is 4.79 Å².